The summed E-state index contributed by atoms with van der Waals surface area (Å²) in [5.41, 5.74) is -0.475. The van der Waals surface area contributed by atoms with E-state index in [4.69, 9.17) is 4.74 Å². The van der Waals surface area contributed by atoms with Gasteiger partial charge in [0.15, 0.2) is 0 Å². The molecule has 0 aliphatic carbocycles. The number of ether oxygens (including phenoxy) is 1. The first-order valence-electron chi connectivity index (χ1n) is 4.70. The van der Waals surface area contributed by atoms with E-state index in [1.54, 1.807) is 0 Å². The van der Waals surface area contributed by atoms with Gasteiger partial charge >= 0.3 is 5.97 Å². The van der Waals surface area contributed by atoms with Crippen LogP contribution in [0, 0.1) is 0 Å². The van der Waals surface area contributed by atoms with Gasteiger partial charge in [-0.3, -0.25) is 9.00 Å². The lowest BCUT2D eigenvalue weighted by molar-refractivity contribution is -0.156. The highest BCUT2D eigenvalue weighted by Gasteiger charge is 2.28. The predicted molar refractivity (Wildman–Crippen MR) is 55.5 cm³/mol. The zero-order chi connectivity index (χ0) is 10.8. The molecule has 0 aromatic heterocycles. The van der Waals surface area contributed by atoms with Crippen molar-refractivity contribution < 1.29 is 13.7 Å². The van der Waals surface area contributed by atoms with Gasteiger partial charge in [-0.25, -0.2) is 0 Å². The molecule has 2 atom stereocenters. The molecule has 82 valence electrons. The lowest BCUT2D eigenvalue weighted by Gasteiger charge is -2.26. The van der Waals surface area contributed by atoms with Crippen molar-refractivity contribution in [2.24, 2.45) is 0 Å². The van der Waals surface area contributed by atoms with E-state index in [9.17, 15) is 9.00 Å². The maximum Gasteiger partial charge on any atom is 0.324 e. The van der Waals surface area contributed by atoms with Gasteiger partial charge in [-0.05, 0) is 20.8 Å². The molecule has 5 heteroatoms. The van der Waals surface area contributed by atoms with Crippen molar-refractivity contribution in [2.45, 2.75) is 32.4 Å². The van der Waals surface area contributed by atoms with Crippen LogP contribution in [0.4, 0.5) is 0 Å². The van der Waals surface area contributed by atoms with Gasteiger partial charge in [0, 0.05) is 28.9 Å². The summed E-state index contributed by atoms with van der Waals surface area (Å²) in [6.45, 7) is 6.09. The van der Waals surface area contributed by atoms with E-state index >= 15 is 0 Å². The summed E-state index contributed by atoms with van der Waals surface area (Å²) in [6.07, 6.45) is 0. The average molecular weight is 219 g/mol. The fourth-order valence-corrected chi connectivity index (χ4v) is 2.34. The van der Waals surface area contributed by atoms with E-state index in [0.29, 0.717) is 18.1 Å². The number of esters is 1. The first-order chi connectivity index (χ1) is 6.38. The maximum absolute atomic E-state index is 11.5. The fourth-order valence-electron chi connectivity index (χ4n) is 1.20. The van der Waals surface area contributed by atoms with Gasteiger partial charge in [-0.1, -0.05) is 0 Å². The molecule has 0 radical (unpaired) electrons. The highest BCUT2D eigenvalue weighted by Crippen LogP contribution is 2.10. The van der Waals surface area contributed by atoms with Gasteiger partial charge in [0.1, 0.15) is 11.6 Å². The fraction of sp³-hybridized carbons (Fsp3) is 0.889. The quantitative estimate of drug-likeness (QED) is 0.633. The van der Waals surface area contributed by atoms with E-state index in [2.05, 4.69) is 5.32 Å². The van der Waals surface area contributed by atoms with Crippen molar-refractivity contribution in [3.63, 3.8) is 0 Å². The summed E-state index contributed by atoms with van der Waals surface area (Å²) < 4.78 is 16.4. The highest BCUT2D eigenvalue weighted by atomic mass is 32.2. The van der Waals surface area contributed by atoms with Crippen LogP contribution in [0.3, 0.4) is 0 Å². The van der Waals surface area contributed by atoms with Crippen molar-refractivity contribution in [2.75, 3.05) is 18.1 Å². The summed E-state index contributed by atoms with van der Waals surface area (Å²) in [5, 5.41) is 3.00. The summed E-state index contributed by atoms with van der Waals surface area (Å²) in [5.74, 6) is 0.694. The van der Waals surface area contributed by atoms with Crippen LogP contribution in [0.2, 0.25) is 0 Å². The second kappa shape index (κ2) is 4.40. The molecule has 1 heterocycles. The zero-order valence-electron chi connectivity index (χ0n) is 8.83. The van der Waals surface area contributed by atoms with Crippen LogP contribution < -0.4 is 5.32 Å². The molecular formula is C9H17NO3S. The number of carbonyl (C=O) groups excluding carboxylic acids is 1. The van der Waals surface area contributed by atoms with Gasteiger partial charge in [0.25, 0.3) is 0 Å². The molecule has 0 amide bonds. The van der Waals surface area contributed by atoms with Gasteiger partial charge < -0.3 is 10.1 Å². The molecule has 14 heavy (non-hydrogen) atoms. The molecule has 0 saturated carbocycles. The smallest absolute Gasteiger partial charge is 0.324 e. The van der Waals surface area contributed by atoms with Crippen molar-refractivity contribution in [1.29, 1.82) is 0 Å². The summed E-state index contributed by atoms with van der Waals surface area (Å²) >= 11 is 0. The third kappa shape index (κ3) is 3.75. The SMILES string of the molecule is CC(C)(C)OC(=O)C1CS(=O)CCN1. The van der Waals surface area contributed by atoms with E-state index in [1.165, 1.54) is 0 Å². The minimum Gasteiger partial charge on any atom is -0.459 e. The first kappa shape index (κ1) is 11.7. The molecule has 0 aromatic carbocycles. The van der Waals surface area contributed by atoms with Crippen LogP contribution in [-0.2, 0) is 20.3 Å². The van der Waals surface area contributed by atoms with E-state index in [-0.39, 0.29) is 5.97 Å². The molecule has 4 nitrogen and oxygen atoms in total. The van der Waals surface area contributed by atoms with Crippen LogP contribution in [0.5, 0.6) is 0 Å². The second-order valence-corrected chi connectivity index (χ2v) is 5.97. The third-order valence-electron chi connectivity index (χ3n) is 1.76. The molecule has 0 bridgehead atoms. The molecule has 1 aliphatic rings. The van der Waals surface area contributed by atoms with Crippen molar-refractivity contribution in [3.8, 4) is 0 Å². The second-order valence-electron chi connectivity index (χ2n) is 4.35. The van der Waals surface area contributed by atoms with Crippen LogP contribution in [0.15, 0.2) is 0 Å². The lowest BCUT2D eigenvalue weighted by Crippen LogP contribution is -2.49. The Hall–Kier alpha value is -0.420. The number of carbonyl (C=O) groups is 1. The normalized spacial score (nSPS) is 28.5. The summed E-state index contributed by atoms with van der Waals surface area (Å²) in [4.78, 5) is 11.5. The van der Waals surface area contributed by atoms with Gasteiger partial charge in [0.05, 0.1) is 0 Å². The molecule has 1 N–H and O–H groups in total. The minimum atomic E-state index is -0.883. The summed E-state index contributed by atoms with van der Waals surface area (Å²) in [7, 11) is -0.883. The monoisotopic (exact) mass is 219 g/mol. The van der Waals surface area contributed by atoms with E-state index in [1.807, 2.05) is 20.8 Å². The van der Waals surface area contributed by atoms with Gasteiger partial charge in [-0.2, -0.15) is 0 Å². The number of hydrogen-bond acceptors (Lipinski definition) is 4. The standard InChI is InChI=1S/C9H17NO3S/c1-9(2,3)13-8(11)7-6-14(12)5-4-10-7/h7,10H,4-6H2,1-3H3. The molecule has 1 fully saturated rings. The van der Waals surface area contributed by atoms with Gasteiger partial charge in [0.2, 0.25) is 0 Å². The molecule has 2 unspecified atom stereocenters. The highest BCUT2D eigenvalue weighted by molar-refractivity contribution is 7.85. The Bertz CT molecular complexity index is 247. The molecule has 1 aliphatic heterocycles. The Kier molecular flexibility index (Phi) is 3.66. The molecular weight excluding hydrogens is 202 g/mol. The minimum absolute atomic E-state index is 0.300. The number of nitrogens with one attached hydrogen (secondary N) is 1. The first-order valence-corrected chi connectivity index (χ1v) is 6.18. The Labute approximate surface area is 86.9 Å². The summed E-state index contributed by atoms with van der Waals surface area (Å²) in [6, 6.07) is -0.399. The topological polar surface area (TPSA) is 55.4 Å². The Morgan fingerprint density at radius 3 is 2.64 bits per heavy atom. The van der Waals surface area contributed by atoms with E-state index in [0.717, 1.165) is 0 Å². The van der Waals surface area contributed by atoms with Gasteiger partial charge in [-0.15, -0.1) is 0 Å². The van der Waals surface area contributed by atoms with Crippen molar-refractivity contribution in [1.82, 2.24) is 5.32 Å². The molecule has 1 saturated heterocycles. The predicted octanol–water partition coefficient (Wildman–Crippen LogP) is 0.0486. The lowest BCUT2D eigenvalue weighted by atomic mass is 10.2. The van der Waals surface area contributed by atoms with E-state index < -0.39 is 22.4 Å². The van der Waals surface area contributed by atoms with Crippen LogP contribution in [0.1, 0.15) is 20.8 Å². The maximum atomic E-state index is 11.5. The van der Waals surface area contributed by atoms with Crippen LogP contribution in [0.25, 0.3) is 0 Å². The van der Waals surface area contributed by atoms with Crippen LogP contribution in [-0.4, -0.2) is 39.9 Å². The Balaban J connectivity index is 2.48. The molecule has 1 rings (SSSR count). The number of rotatable bonds is 1. The Morgan fingerprint density at radius 2 is 2.14 bits per heavy atom. The zero-order valence-corrected chi connectivity index (χ0v) is 9.65. The largest absolute Gasteiger partial charge is 0.459 e. The average Bonchev–Trinajstić information content (AvgIpc) is 2.01. The number of hydrogen-bond donors (Lipinski definition) is 1. The van der Waals surface area contributed by atoms with Crippen molar-refractivity contribution >= 4 is 16.8 Å². The third-order valence-corrected chi connectivity index (χ3v) is 3.13. The van der Waals surface area contributed by atoms with Crippen LogP contribution >= 0.6 is 0 Å². The molecule has 0 aromatic rings. The van der Waals surface area contributed by atoms with Crippen molar-refractivity contribution in [3.05, 3.63) is 0 Å². The Morgan fingerprint density at radius 1 is 1.50 bits per heavy atom. The molecule has 0 spiro atoms.